The summed E-state index contributed by atoms with van der Waals surface area (Å²) >= 11 is 0. The molecule has 0 heterocycles. The van der Waals surface area contributed by atoms with Gasteiger partial charge in [-0.15, -0.1) is 0 Å². The standard InChI is InChI=1S/C14H17NO2S/c1-3-10-5-7-11(8-6-10)13-12(9-15)14(13)18(16,17)4-2/h5-8,12-14H,3-4H2,1-2H3/t12-,13+,14-/m0/s1. The van der Waals surface area contributed by atoms with Crippen molar-refractivity contribution in [3.8, 4) is 6.07 Å². The van der Waals surface area contributed by atoms with E-state index in [1.165, 1.54) is 5.56 Å². The number of sulfone groups is 1. The van der Waals surface area contributed by atoms with Crippen molar-refractivity contribution in [3.05, 3.63) is 35.4 Å². The van der Waals surface area contributed by atoms with E-state index < -0.39 is 15.1 Å². The molecular weight excluding hydrogens is 246 g/mol. The van der Waals surface area contributed by atoms with E-state index in [2.05, 4.69) is 13.0 Å². The molecule has 0 N–H and O–H groups in total. The Morgan fingerprint density at radius 2 is 1.83 bits per heavy atom. The van der Waals surface area contributed by atoms with Gasteiger partial charge in [0.25, 0.3) is 0 Å². The minimum atomic E-state index is -3.12. The molecule has 1 fully saturated rings. The van der Waals surface area contributed by atoms with Crippen molar-refractivity contribution in [2.75, 3.05) is 5.75 Å². The molecule has 1 saturated carbocycles. The van der Waals surface area contributed by atoms with Gasteiger partial charge in [-0.3, -0.25) is 0 Å². The molecule has 18 heavy (non-hydrogen) atoms. The van der Waals surface area contributed by atoms with Crippen molar-refractivity contribution in [3.63, 3.8) is 0 Å². The molecule has 0 radical (unpaired) electrons. The van der Waals surface area contributed by atoms with Crippen LogP contribution in [0.5, 0.6) is 0 Å². The summed E-state index contributed by atoms with van der Waals surface area (Å²) in [6.45, 7) is 3.72. The summed E-state index contributed by atoms with van der Waals surface area (Å²) in [5, 5.41) is 8.55. The third kappa shape index (κ3) is 2.15. The Morgan fingerprint density at radius 3 is 2.28 bits per heavy atom. The molecule has 3 atom stereocenters. The normalized spacial score (nSPS) is 26.6. The number of rotatable bonds is 4. The molecule has 2 rings (SSSR count). The van der Waals surface area contributed by atoms with Gasteiger partial charge in [0, 0.05) is 11.7 Å². The largest absolute Gasteiger partial charge is 0.228 e. The summed E-state index contributed by atoms with van der Waals surface area (Å²) in [5.41, 5.74) is 2.20. The lowest BCUT2D eigenvalue weighted by Gasteiger charge is -2.02. The number of nitrogens with zero attached hydrogens (tertiary/aromatic N) is 1. The van der Waals surface area contributed by atoms with Crippen molar-refractivity contribution >= 4 is 9.84 Å². The maximum absolute atomic E-state index is 11.9. The van der Waals surface area contributed by atoms with Crippen LogP contribution < -0.4 is 0 Å². The van der Waals surface area contributed by atoms with E-state index in [0.29, 0.717) is 0 Å². The lowest BCUT2D eigenvalue weighted by Crippen LogP contribution is -2.12. The quantitative estimate of drug-likeness (QED) is 0.837. The van der Waals surface area contributed by atoms with Crippen molar-refractivity contribution < 1.29 is 8.42 Å². The summed E-state index contributed by atoms with van der Waals surface area (Å²) in [5.74, 6) is -0.396. The highest BCUT2D eigenvalue weighted by atomic mass is 32.2. The second kappa shape index (κ2) is 4.74. The Morgan fingerprint density at radius 1 is 1.22 bits per heavy atom. The smallest absolute Gasteiger partial charge is 0.154 e. The van der Waals surface area contributed by atoms with E-state index in [4.69, 9.17) is 5.26 Å². The molecule has 4 heteroatoms. The first kappa shape index (κ1) is 13.1. The van der Waals surface area contributed by atoms with E-state index in [1.807, 2.05) is 24.3 Å². The molecule has 0 spiro atoms. The zero-order chi connectivity index (χ0) is 13.3. The highest BCUT2D eigenvalue weighted by Crippen LogP contribution is 2.52. The highest BCUT2D eigenvalue weighted by Gasteiger charge is 2.58. The Bertz CT molecular complexity index is 569. The SMILES string of the molecule is CCc1ccc([C@@H]2[C@H](C#N)[C@@H]2S(=O)(=O)CC)cc1. The predicted molar refractivity (Wildman–Crippen MR) is 70.9 cm³/mol. The molecule has 0 bridgehead atoms. The first-order valence-corrected chi connectivity index (χ1v) is 7.96. The van der Waals surface area contributed by atoms with Gasteiger partial charge in [-0.05, 0) is 17.5 Å². The molecule has 0 aromatic heterocycles. The molecule has 0 unspecified atom stereocenters. The van der Waals surface area contributed by atoms with Gasteiger partial charge in [0.15, 0.2) is 9.84 Å². The molecule has 0 saturated heterocycles. The average molecular weight is 263 g/mol. The maximum atomic E-state index is 11.9. The zero-order valence-corrected chi connectivity index (χ0v) is 11.4. The highest BCUT2D eigenvalue weighted by molar-refractivity contribution is 7.92. The molecule has 1 aromatic rings. The van der Waals surface area contributed by atoms with Gasteiger partial charge in [-0.2, -0.15) is 5.26 Å². The lowest BCUT2D eigenvalue weighted by molar-refractivity contribution is 0.594. The molecule has 0 amide bonds. The van der Waals surface area contributed by atoms with Crippen LogP contribution in [0.15, 0.2) is 24.3 Å². The summed E-state index contributed by atoms with van der Waals surface area (Å²) < 4.78 is 23.8. The third-order valence-corrected chi connectivity index (χ3v) is 5.91. The summed E-state index contributed by atoms with van der Waals surface area (Å²) in [6.07, 6.45) is 0.962. The Balaban J connectivity index is 2.27. The summed E-state index contributed by atoms with van der Waals surface area (Å²) in [4.78, 5) is 0. The first-order chi connectivity index (χ1) is 8.55. The second-order valence-corrected chi connectivity index (χ2v) is 7.14. The number of benzene rings is 1. The van der Waals surface area contributed by atoms with Crippen molar-refractivity contribution in [1.82, 2.24) is 0 Å². The van der Waals surface area contributed by atoms with E-state index >= 15 is 0 Å². The van der Waals surface area contributed by atoms with Crippen LogP contribution in [-0.4, -0.2) is 19.4 Å². The Hall–Kier alpha value is -1.34. The first-order valence-electron chi connectivity index (χ1n) is 6.25. The van der Waals surface area contributed by atoms with Gasteiger partial charge in [0.1, 0.15) is 0 Å². The van der Waals surface area contributed by atoms with E-state index in [-0.39, 0.29) is 17.6 Å². The predicted octanol–water partition coefficient (Wildman–Crippen LogP) is 2.29. The molecule has 1 aromatic carbocycles. The minimum Gasteiger partial charge on any atom is -0.228 e. The van der Waals surface area contributed by atoms with Crippen LogP contribution in [0.25, 0.3) is 0 Å². The van der Waals surface area contributed by atoms with E-state index in [1.54, 1.807) is 6.92 Å². The lowest BCUT2D eigenvalue weighted by atomic mass is 10.1. The fourth-order valence-electron chi connectivity index (χ4n) is 2.45. The molecular formula is C14H17NO2S. The van der Waals surface area contributed by atoms with Gasteiger partial charge < -0.3 is 0 Å². The number of aryl methyl sites for hydroxylation is 1. The molecule has 3 nitrogen and oxygen atoms in total. The second-order valence-electron chi connectivity index (χ2n) is 4.69. The number of nitriles is 1. The molecule has 1 aliphatic rings. The number of hydrogen-bond donors (Lipinski definition) is 0. The van der Waals surface area contributed by atoms with Crippen LogP contribution in [0.3, 0.4) is 0 Å². The van der Waals surface area contributed by atoms with Gasteiger partial charge in [0.05, 0.1) is 17.2 Å². The van der Waals surface area contributed by atoms with Gasteiger partial charge >= 0.3 is 0 Å². The van der Waals surface area contributed by atoms with Crippen molar-refractivity contribution in [2.45, 2.75) is 31.4 Å². The molecule has 0 aliphatic heterocycles. The fraction of sp³-hybridized carbons (Fsp3) is 0.500. The third-order valence-electron chi connectivity index (χ3n) is 3.69. The Labute approximate surface area is 108 Å². The molecule has 96 valence electrons. The maximum Gasteiger partial charge on any atom is 0.154 e. The van der Waals surface area contributed by atoms with Crippen LogP contribution in [0.2, 0.25) is 0 Å². The van der Waals surface area contributed by atoms with Crippen molar-refractivity contribution in [1.29, 1.82) is 5.26 Å². The van der Waals surface area contributed by atoms with E-state index in [0.717, 1.165) is 12.0 Å². The topological polar surface area (TPSA) is 57.9 Å². The van der Waals surface area contributed by atoms with Crippen LogP contribution in [-0.2, 0) is 16.3 Å². The van der Waals surface area contributed by atoms with Gasteiger partial charge in [-0.25, -0.2) is 8.42 Å². The average Bonchev–Trinajstić information content (AvgIpc) is 3.14. The van der Waals surface area contributed by atoms with Crippen LogP contribution in [0.4, 0.5) is 0 Å². The Kier molecular flexibility index (Phi) is 3.45. The fourth-order valence-corrected chi connectivity index (χ4v) is 4.19. The van der Waals surface area contributed by atoms with E-state index in [9.17, 15) is 8.42 Å². The van der Waals surface area contributed by atoms with Crippen LogP contribution >= 0.6 is 0 Å². The van der Waals surface area contributed by atoms with Crippen LogP contribution in [0.1, 0.15) is 30.9 Å². The summed E-state index contributed by atoms with van der Waals surface area (Å²) in [6, 6.07) is 10.1. The monoisotopic (exact) mass is 263 g/mol. The van der Waals surface area contributed by atoms with Crippen molar-refractivity contribution in [2.24, 2.45) is 5.92 Å². The summed E-state index contributed by atoms with van der Waals surface area (Å²) in [7, 11) is -3.12. The van der Waals surface area contributed by atoms with Gasteiger partial charge in [0.2, 0.25) is 0 Å². The van der Waals surface area contributed by atoms with Gasteiger partial charge in [-0.1, -0.05) is 38.1 Å². The molecule has 1 aliphatic carbocycles. The zero-order valence-electron chi connectivity index (χ0n) is 10.6. The van der Waals surface area contributed by atoms with Crippen LogP contribution in [0, 0.1) is 17.2 Å². The number of hydrogen-bond acceptors (Lipinski definition) is 3. The minimum absolute atomic E-state index is 0.111.